The lowest BCUT2D eigenvalue weighted by Crippen LogP contribution is -2.09. The smallest absolute Gasteiger partial charge is 0.124 e. The Balaban J connectivity index is 1.22. The number of anilines is 3. The molecule has 42 heavy (non-hydrogen) atoms. The number of pyridine rings is 1. The van der Waals surface area contributed by atoms with Gasteiger partial charge in [0.05, 0.1) is 0 Å². The average Bonchev–Trinajstić information content (AvgIpc) is 3.44. The third kappa shape index (κ3) is 4.41. The van der Waals surface area contributed by atoms with Crippen LogP contribution in [0.4, 0.5) is 17.1 Å². The summed E-state index contributed by atoms with van der Waals surface area (Å²) in [6.07, 6.45) is 1.87. The summed E-state index contributed by atoms with van der Waals surface area (Å²) in [4.78, 5) is 8.03. The number of benzene rings is 6. The second kappa shape index (κ2) is 10.3. The fourth-order valence-electron chi connectivity index (χ4n) is 5.79. The van der Waals surface area contributed by atoms with Gasteiger partial charge < -0.3 is 4.90 Å². The summed E-state index contributed by atoms with van der Waals surface area (Å²) in [6.45, 7) is 0. The molecule has 0 unspecified atom stereocenters. The normalized spacial score (nSPS) is 11.3. The first-order chi connectivity index (χ1) is 20.8. The van der Waals surface area contributed by atoms with E-state index in [-0.39, 0.29) is 0 Å². The Morgan fingerprint density at radius 3 is 1.81 bits per heavy atom. The van der Waals surface area contributed by atoms with Gasteiger partial charge in [0.2, 0.25) is 0 Å². The second-order valence-electron chi connectivity index (χ2n) is 10.5. The third-order valence-corrected chi connectivity index (χ3v) is 9.01. The molecule has 0 saturated carbocycles. The summed E-state index contributed by atoms with van der Waals surface area (Å²) >= 11 is 1.75. The van der Waals surface area contributed by atoms with Gasteiger partial charge in [0.1, 0.15) is 4.83 Å². The van der Waals surface area contributed by atoms with Crippen molar-refractivity contribution >= 4 is 59.5 Å². The Labute approximate surface area is 248 Å². The minimum absolute atomic E-state index is 1.07. The van der Waals surface area contributed by atoms with E-state index < -0.39 is 0 Å². The highest BCUT2D eigenvalue weighted by atomic mass is 32.1. The molecule has 8 rings (SSSR count). The highest BCUT2D eigenvalue weighted by Gasteiger charge is 2.15. The lowest BCUT2D eigenvalue weighted by atomic mass is 10.0. The number of aromatic nitrogens is 1. The predicted molar refractivity (Wildman–Crippen MR) is 180 cm³/mol. The van der Waals surface area contributed by atoms with Crippen LogP contribution in [-0.4, -0.2) is 4.98 Å². The van der Waals surface area contributed by atoms with Crippen molar-refractivity contribution in [2.24, 2.45) is 0 Å². The zero-order chi connectivity index (χ0) is 27.9. The van der Waals surface area contributed by atoms with Crippen LogP contribution in [0.15, 0.2) is 158 Å². The van der Waals surface area contributed by atoms with Gasteiger partial charge in [-0.05, 0) is 87.6 Å². The summed E-state index contributed by atoms with van der Waals surface area (Å²) in [6, 6.07) is 54.4. The number of fused-ring (bicyclic) bond motifs is 4. The Morgan fingerprint density at radius 2 is 1.05 bits per heavy atom. The van der Waals surface area contributed by atoms with Crippen LogP contribution in [0.25, 0.3) is 53.3 Å². The summed E-state index contributed by atoms with van der Waals surface area (Å²) in [7, 11) is 0. The van der Waals surface area contributed by atoms with E-state index in [1.807, 2.05) is 12.3 Å². The van der Waals surface area contributed by atoms with Crippen LogP contribution in [0.5, 0.6) is 0 Å². The largest absolute Gasteiger partial charge is 0.310 e. The number of thiophene rings is 1. The second-order valence-corrected chi connectivity index (χ2v) is 11.5. The van der Waals surface area contributed by atoms with Gasteiger partial charge in [0.25, 0.3) is 0 Å². The first-order valence-corrected chi connectivity index (χ1v) is 14.9. The molecule has 0 saturated heterocycles. The van der Waals surface area contributed by atoms with E-state index in [2.05, 4.69) is 155 Å². The average molecular weight is 555 g/mol. The SMILES string of the molecule is c1ccc(-c2ccc(N(c3ccc(-c4ccc5ccccc5c4)cc3)c3ccc4c(c3)sc3ncccc34)cc2)cc1. The van der Waals surface area contributed by atoms with Gasteiger partial charge in [-0.1, -0.05) is 97.1 Å². The summed E-state index contributed by atoms with van der Waals surface area (Å²) < 4.78 is 1.24. The molecular formula is C39H26N2S. The van der Waals surface area contributed by atoms with Crippen LogP contribution >= 0.6 is 11.3 Å². The van der Waals surface area contributed by atoms with Crippen molar-refractivity contribution in [1.29, 1.82) is 0 Å². The van der Waals surface area contributed by atoms with Crippen LogP contribution in [-0.2, 0) is 0 Å². The van der Waals surface area contributed by atoms with Crippen molar-refractivity contribution in [2.45, 2.75) is 0 Å². The molecule has 0 aliphatic heterocycles. The van der Waals surface area contributed by atoms with Crippen molar-refractivity contribution in [3.8, 4) is 22.3 Å². The topological polar surface area (TPSA) is 16.1 Å². The van der Waals surface area contributed by atoms with E-state index >= 15 is 0 Å². The monoisotopic (exact) mass is 554 g/mol. The molecule has 0 radical (unpaired) electrons. The highest BCUT2D eigenvalue weighted by molar-refractivity contribution is 7.25. The molecule has 2 heterocycles. The van der Waals surface area contributed by atoms with Crippen LogP contribution in [0.3, 0.4) is 0 Å². The zero-order valence-corrected chi connectivity index (χ0v) is 23.6. The van der Waals surface area contributed by atoms with Crippen molar-refractivity contribution in [1.82, 2.24) is 4.98 Å². The number of hydrogen-bond donors (Lipinski definition) is 0. The number of rotatable bonds is 5. The first-order valence-electron chi connectivity index (χ1n) is 14.1. The van der Waals surface area contributed by atoms with Gasteiger partial charge in [-0.3, -0.25) is 0 Å². The molecule has 0 amide bonds. The van der Waals surface area contributed by atoms with E-state index in [0.29, 0.717) is 0 Å². The third-order valence-electron chi connectivity index (χ3n) is 7.93. The quantitative estimate of drug-likeness (QED) is 0.210. The van der Waals surface area contributed by atoms with E-state index in [9.17, 15) is 0 Å². The molecule has 198 valence electrons. The molecule has 0 atom stereocenters. The van der Waals surface area contributed by atoms with Crippen molar-refractivity contribution in [2.75, 3.05) is 4.90 Å². The predicted octanol–water partition coefficient (Wildman–Crippen LogP) is 11.4. The lowest BCUT2D eigenvalue weighted by Gasteiger charge is -2.26. The van der Waals surface area contributed by atoms with Crippen LogP contribution in [0, 0.1) is 0 Å². The Hall–Kier alpha value is -5.25. The van der Waals surface area contributed by atoms with Crippen LogP contribution in [0.1, 0.15) is 0 Å². The molecule has 2 aromatic heterocycles. The van der Waals surface area contributed by atoms with Crippen molar-refractivity contribution in [3.63, 3.8) is 0 Å². The molecule has 0 aliphatic rings. The van der Waals surface area contributed by atoms with Crippen molar-refractivity contribution in [3.05, 3.63) is 158 Å². The number of hydrogen-bond acceptors (Lipinski definition) is 3. The van der Waals surface area contributed by atoms with E-state index in [1.54, 1.807) is 11.3 Å². The first kappa shape index (κ1) is 24.5. The maximum atomic E-state index is 4.61. The molecule has 3 heteroatoms. The number of nitrogens with zero attached hydrogens (tertiary/aromatic N) is 2. The van der Waals surface area contributed by atoms with Gasteiger partial charge in [-0.15, -0.1) is 11.3 Å². The molecule has 0 spiro atoms. The molecule has 0 aliphatic carbocycles. The molecule has 2 nitrogen and oxygen atoms in total. The summed E-state index contributed by atoms with van der Waals surface area (Å²) in [5.74, 6) is 0. The Bertz CT molecular complexity index is 2180. The molecule has 0 bridgehead atoms. The van der Waals surface area contributed by atoms with Gasteiger partial charge in [0.15, 0.2) is 0 Å². The highest BCUT2D eigenvalue weighted by Crippen LogP contribution is 2.41. The molecular weight excluding hydrogens is 529 g/mol. The molecule has 0 N–H and O–H groups in total. The Morgan fingerprint density at radius 1 is 0.429 bits per heavy atom. The fourth-order valence-corrected chi connectivity index (χ4v) is 6.87. The van der Waals surface area contributed by atoms with E-state index in [1.165, 1.54) is 48.5 Å². The summed E-state index contributed by atoms with van der Waals surface area (Å²) in [5, 5.41) is 4.97. The van der Waals surface area contributed by atoms with Gasteiger partial charge >= 0.3 is 0 Å². The Kier molecular flexibility index (Phi) is 6.02. The van der Waals surface area contributed by atoms with Crippen molar-refractivity contribution < 1.29 is 0 Å². The minimum Gasteiger partial charge on any atom is -0.310 e. The lowest BCUT2D eigenvalue weighted by molar-refractivity contribution is 1.29. The maximum Gasteiger partial charge on any atom is 0.124 e. The molecule has 6 aromatic carbocycles. The van der Waals surface area contributed by atoms with E-state index in [4.69, 9.17) is 0 Å². The van der Waals surface area contributed by atoms with Gasteiger partial charge in [-0.25, -0.2) is 4.98 Å². The molecule has 8 aromatic rings. The summed E-state index contributed by atoms with van der Waals surface area (Å²) in [5.41, 5.74) is 8.21. The zero-order valence-electron chi connectivity index (χ0n) is 22.8. The fraction of sp³-hybridized carbons (Fsp3) is 0. The van der Waals surface area contributed by atoms with Gasteiger partial charge in [0, 0.05) is 38.7 Å². The van der Waals surface area contributed by atoms with Crippen LogP contribution < -0.4 is 4.90 Å². The molecule has 0 fully saturated rings. The van der Waals surface area contributed by atoms with Crippen LogP contribution in [0.2, 0.25) is 0 Å². The minimum atomic E-state index is 1.07. The van der Waals surface area contributed by atoms with Gasteiger partial charge in [-0.2, -0.15) is 0 Å². The maximum absolute atomic E-state index is 4.61. The van der Waals surface area contributed by atoms with E-state index in [0.717, 1.165) is 21.9 Å². The standard InChI is InChI=1S/C39H26N2S/c1-2-7-27(8-3-1)29-14-18-33(19-15-29)41(35-22-23-36-37-11-6-24-40-39(37)42-38(36)26-35)34-20-16-30(17-21-34)32-13-12-28-9-4-5-10-31(28)25-32/h1-26H.